The molecule has 6 nitrogen and oxygen atoms in total. The molecule has 0 spiro atoms. The Morgan fingerprint density at radius 1 is 1.44 bits per heavy atom. The summed E-state index contributed by atoms with van der Waals surface area (Å²) < 4.78 is 4.79. The summed E-state index contributed by atoms with van der Waals surface area (Å²) in [6, 6.07) is 0.405. The zero-order valence-corrected chi connectivity index (χ0v) is 11.2. The molecule has 0 aliphatic carbocycles. The first-order valence-electron chi connectivity index (χ1n) is 6.41. The van der Waals surface area contributed by atoms with Crippen LogP contribution in [0.25, 0.3) is 0 Å². The number of piperazine rings is 1. The Labute approximate surface area is 107 Å². The minimum Gasteiger partial charge on any atom is -0.469 e. The van der Waals surface area contributed by atoms with Gasteiger partial charge in [0, 0.05) is 32.2 Å². The molecule has 0 saturated carbocycles. The molecule has 0 bridgehead atoms. The molecule has 0 aromatic heterocycles. The summed E-state index contributed by atoms with van der Waals surface area (Å²) in [6.07, 6.45) is 0. The number of nitrogens with one attached hydrogen (secondary N) is 1. The number of hydrogen-bond donors (Lipinski definition) is 1. The zero-order valence-electron chi connectivity index (χ0n) is 11.2. The van der Waals surface area contributed by atoms with Gasteiger partial charge < -0.3 is 15.0 Å². The molecular formula is C12H21N3O3. The average Bonchev–Trinajstić information content (AvgIpc) is 2.77. The van der Waals surface area contributed by atoms with E-state index in [-0.39, 0.29) is 30.0 Å². The number of amides is 2. The van der Waals surface area contributed by atoms with E-state index in [0.717, 1.165) is 19.6 Å². The van der Waals surface area contributed by atoms with E-state index in [1.165, 1.54) is 7.11 Å². The van der Waals surface area contributed by atoms with Gasteiger partial charge in [0.1, 0.15) is 0 Å². The van der Waals surface area contributed by atoms with E-state index in [9.17, 15) is 9.59 Å². The highest BCUT2D eigenvalue weighted by Crippen LogP contribution is 2.20. The molecule has 1 N–H and O–H groups in total. The van der Waals surface area contributed by atoms with Crippen molar-refractivity contribution in [3.05, 3.63) is 0 Å². The third-order valence-electron chi connectivity index (χ3n) is 4.14. The van der Waals surface area contributed by atoms with Gasteiger partial charge in [-0.2, -0.15) is 0 Å². The minimum absolute atomic E-state index is 0.0355. The van der Waals surface area contributed by atoms with E-state index < -0.39 is 0 Å². The van der Waals surface area contributed by atoms with Gasteiger partial charge in [0.05, 0.1) is 19.1 Å². The lowest BCUT2D eigenvalue weighted by Gasteiger charge is -2.40. The summed E-state index contributed by atoms with van der Waals surface area (Å²) >= 11 is 0. The van der Waals surface area contributed by atoms with Crippen LogP contribution in [0.1, 0.15) is 13.8 Å². The number of nitrogens with zero attached hydrogens (tertiary/aromatic N) is 2. The lowest BCUT2D eigenvalue weighted by molar-refractivity contribution is -0.147. The van der Waals surface area contributed by atoms with Crippen LogP contribution < -0.4 is 5.32 Å². The fraction of sp³-hybridized carbons (Fsp3) is 0.833. The lowest BCUT2D eigenvalue weighted by Crippen LogP contribution is -2.56. The van der Waals surface area contributed by atoms with Gasteiger partial charge in [0.25, 0.3) is 0 Å². The number of methoxy groups -OCH3 is 1. The van der Waals surface area contributed by atoms with Crippen LogP contribution >= 0.6 is 0 Å². The van der Waals surface area contributed by atoms with Crippen molar-refractivity contribution in [3.8, 4) is 0 Å². The second-order valence-corrected chi connectivity index (χ2v) is 5.08. The zero-order chi connectivity index (χ0) is 13.3. The van der Waals surface area contributed by atoms with E-state index >= 15 is 0 Å². The average molecular weight is 255 g/mol. The topological polar surface area (TPSA) is 61.9 Å². The van der Waals surface area contributed by atoms with E-state index in [2.05, 4.69) is 10.2 Å². The fourth-order valence-electron chi connectivity index (χ4n) is 2.70. The molecule has 2 rings (SSSR count). The Hall–Kier alpha value is -1.30. The van der Waals surface area contributed by atoms with Crippen molar-refractivity contribution in [2.75, 3.05) is 33.3 Å². The summed E-state index contributed by atoms with van der Waals surface area (Å²) in [6.45, 7) is 7.00. The third kappa shape index (κ3) is 2.29. The Kier molecular flexibility index (Phi) is 3.75. The molecule has 2 aliphatic heterocycles. The van der Waals surface area contributed by atoms with Crippen LogP contribution in [0.4, 0.5) is 4.79 Å². The van der Waals surface area contributed by atoms with Crippen molar-refractivity contribution in [3.63, 3.8) is 0 Å². The van der Waals surface area contributed by atoms with Crippen LogP contribution in [0.5, 0.6) is 0 Å². The first-order valence-corrected chi connectivity index (χ1v) is 6.41. The third-order valence-corrected chi connectivity index (χ3v) is 4.14. The van der Waals surface area contributed by atoms with Crippen molar-refractivity contribution in [2.45, 2.75) is 25.9 Å². The Balaban J connectivity index is 1.95. The van der Waals surface area contributed by atoms with Gasteiger partial charge in [-0.25, -0.2) is 4.79 Å². The van der Waals surface area contributed by atoms with Gasteiger partial charge in [-0.3, -0.25) is 9.69 Å². The highest BCUT2D eigenvalue weighted by atomic mass is 16.5. The number of fused-ring (bicyclic) bond motifs is 1. The molecule has 2 fully saturated rings. The van der Waals surface area contributed by atoms with Gasteiger partial charge in [0.2, 0.25) is 0 Å². The molecule has 6 heteroatoms. The standard InChI is InChI=1S/C12H21N3O3/c1-8(11(16)18-3)9(2)14-4-5-15-10(7-14)6-13-12(15)17/h8-10H,4-7H2,1-3H3,(H,13,17). The van der Waals surface area contributed by atoms with Gasteiger partial charge in [0.15, 0.2) is 0 Å². The van der Waals surface area contributed by atoms with Crippen LogP contribution in [-0.2, 0) is 9.53 Å². The van der Waals surface area contributed by atoms with Crippen molar-refractivity contribution in [2.24, 2.45) is 5.92 Å². The molecule has 2 aliphatic rings. The number of carbonyl (C=O) groups is 2. The van der Waals surface area contributed by atoms with Gasteiger partial charge >= 0.3 is 12.0 Å². The van der Waals surface area contributed by atoms with E-state index in [4.69, 9.17) is 4.74 Å². The largest absolute Gasteiger partial charge is 0.469 e. The van der Waals surface area contributed by atoms with E-state index in [1.54, 1.807) is 0 Å². The maximum absolute atomic E-state index is 11.5. The quantitative estimate of drug-likeness (QED) is 0.715. The molecular weight excluding hydrogens is 234 g/mol. The molecule has 18 heavy (non-hydrogen) atoms. The summed E-state index contributed by atoms with van der Waals surface area (Å²) in [5, 5.41) is 2.85. The number of rotatable bonds is 3. The Bertz CT molecular complexity index is 347. The molecule has 2 amide bonds. The number of esters is 1. The predicted octanol–water partition coefficient (Wildman–Crippen LogP) is -0.107. The molecule has 0 aromatic carbocycles. The molecule has 2 saturated heterocycles. The summed E-state index contributed by atoms with van der Waals surface area (Å²) in [7, 11) is 1.42. The van der Waals surface area contributed by atoms with Crippen LogP contribution in [0.3, 0.4) is 0 Å². The summed E-state index contributed by atoms with van der Waals surface area (Å²) in [5.74, 6) is -0.322. The SMILES string of the molecule is COC(=O)C(C)C(C)N1CCN2C(=O)NCC2C1. The Morgan fingerprint density at radius 3 is 2.83 bits per heavy atom. The van der Waals surface area contributed by atoms with Crippen LogP contribution in [0, 0.1) is 5.92 Å². The number of hydrogen-bond acceptors (Lipinski definition) is 4. The maximum atomic E-state index is 11.5. The van der Waals surface area contributed by atoms with E-state index in [1.807, 2.05) is 18.7 Å². The first kappa shape index (κ1) is 13.1. The molecule has 3 unspecified atom stereocenters. The molecule has 0 aromatic rings. The normalized spacial score (nSPS) is 27.4. The van der Waals surface area contributed by atoms with Crippen LogP contribution in [0.2, 0.25) is 0 Å². The first-order chi connectivity index (χ1) is 8.54. The number of carbonyl (C=O) groups excluding carboxylic acids is 2. The van der Waals surface area contributed by atoms with Gasteiger partial charge in [-0.1, -0.05) is 6.92 Å². The van der Waals surface area contributed by atoms with Crippen LogP contribution in [0.15, 0.2) is 0 Å². The second-order valence-electron chi connectivity index (χ2n) is 5.08. The lowest BCUT2D eigenvalue weighted by atomic mass is 10.0. The summed E-state index contributed by atoms with van der Waals surface area (Å²) in [5.41, 5.74) is 0. The van der Waals surface area contributed by atoms with Crippen LogP contribution in [-0.4, -0.2) is 67.2 Å². The highest BCUT2D eigenvalue weighted by Gasteiger charge is 2.38. The molecule has 2 heterocycles. The molecule has 102 valence electrons. The predicted molar refractivity (Wildman–Crippen MR) is 66.1 cm³/mol. The second kappa shape index (κ2) is 5.14. The van der Waals surface area contributed by atoms with Crippen molar-refractivity contribution in [1.82, 2.24) is 15.1 Å². The van der Waals surface area contributed by atoms with Crippen molar-refractivity contribution in [1.29, 1.82) is 0 Å². The van der Waals surface area contributed by atoms with Crippen molar-refractivity contribution >= 4 is 12.0 Å². The number of ether oxygens (including phenoxy) is 1. The Morgan fingerprint density at radius 2 is 2.17 bits per heavy atom. The van der Waals surface area contributed by atoms with Gasteiger partial charge in [-0.15, -0.1) is 0 Å². The maximum Gasteiger partial charge on any atom is 0.317 e. The van der Waals surface area contributed by atoms with Gasteiger partial charge in [-0.05, 0) is 6.92 Å². The molecule has 3 atom stereocenters. The summed E-state index contributed by atoms with van der Waals surface area (Å²) in [4.78, 5) is 27.2. The smallest absolute Gasteiger partial charge is 0.317 e. The van der Waals surface area contributed by atoms with Crippen molar-refractivity contribution < 1.29 is 14.3 Å². The van der Waals surface area contributed by atoms with E-state index in [0.29, 0.717) is 6.54 Å². The highest BCUT2D eigenvalue weighted by molar-refractivity contribution is 5.77. The monoisotopic (exact) mass is 255 g/mol. The molecule has 0 radical (unpaired) electrons. The fourth-order valence-corrected chi connectivity index (χ4v) is 2.70. The minimum atomic E-state index is -0.175. The number of urea groups is 1.